The minimum Gasteiger partial charge on any atom is -0.377 e. The highest BCUT2D eigenvalue weighted by molar-refractivity contribution is 6.64. The average molecular weight is 205 g/mol. The zero-order valence-corrected chi connectivity index (χ0v) is 8.85. The lowest BCUT2D eigenvalue weighted by atomic mass is 10.1. The zero-order valence-electron chi connectivity index (χ0n) is 8.09. The van der Waals surface area contributed by atoms with E-state index in [1.807, 2.05) is 0 Å². The molecule has 13 heavy (non-hydrogen) atoms. The third-order valence-corrected chi connectivity index (χ3v) is 2.85. The van der Waals surface area contributed by atoms with Crippen molar-refractivity contribution in [2.45, 2.75) is 45.1 Å². The largest absolute Gasteiger partial charge is 0.377 e. The van der Waals surface area contributed by atoms with E-state index in [2.05, 4.69) is 6.92 Å². The molecule has 0 aromatic carbocycles. The van der Waals surface area contributed by atoms with Crippen molar-refractivity contribution in [2.75, 3.05) is 6.61 Å². The van der Waals surface area contributed by atoms with Gasteiger partial charge in [0.05, 0.1) is 12.0 Å². The summed E-state index contributed by atoms with van der Waals surface area (Å²) >= 11 is 5.47. The number of carbonyl (C=O) groups excluding carboxylic acids is 1. The van der Waals surface area contributed by atoms with Crippen LogP contribution in [0.3, 0.4) is 0 Å². The summed E-state index contributed by atoms with van der Waals surface area (Å²) in [6.45, 7) is 2.89. The highest BCUT2D eigenvalue weighted by atomic mass is 35.5. The predicted molar refractivity (Wildman–Crippen MR) is 52.8 cm³/mol. The van der Waals surface area contributed by atoms with Crippen molar-refractivity contribution in [3.63, 3.8) is 0 Å². The lowest BCUT2D eigenvalue weighted by Gasteiger charge is -2.16. The molecule has 1 aliphatic carbocycles. The van der Waals surface area contributed by atoms with Gasteiger partial charge in [0.1, 0.15) is 0 Å². The van der Waals surface area contributed by atoms with Crippen molar-refractivity contribution in [2.24, 2.45) is 5.92 Å². The smallest absolute Gasteiger partial charge is 0.227 e. The van der Waals surface area contributed by atoms with Crippen molar-refractivity contribution in [1.29, 1.82) is 0 Å². The minimum absolute atomic E-state index is 0.0430. The number of rotatable bonds is 5. The Kier molecular flexibility index (Phi) is 4.74. The van der Waals surface area contributed by atoms with Crippen LogP contribution in [0, 0.1) is 5.92 Å². The summed E-state index contributed by atoms with van der Waals surface area (Å²) in [5.41, 5.74) is 0. The van der Waals surface area contributed by atoms with Gasteiger partial charge >= 0.3 is 0 Å². The topological polar surface area (TPSA) is 26.3 Å². The second kappa shape index (κ2) is 5.61. The van der Waals surface area contributed by atoms with Crippen molar-refractivity contribution >= 4 is 16.8 Å². The molecule has 2 nitrogen and oxygen atoms in total. The highest BCUT2D eigenvalue weighted by Gasteiger charge is 2.32. The lowest BCUT2D eigenvalue weighted by Crippen LogP contribution is -2.23. The number of hydrogen-bond donors (Lipinski definition) is 0. The molecule has 2 atom stereocenters. The average Bonchev–Trinajstić information content (AvgIpc) is 2.53. The molecule has 1 saturated carbocycles. The Morgan fingerprint density at radius 2 is 2.31 bits per heavy atom. The van der Waals surface area contributed by atoms with Gasteiger partial charge in [-0.1, -0.05) is 13.3 Å². The fourth-order valence-corrected chi connectivity index (χ4v) is 2.01. The van der Waals surface area contributed by atoms with Crippen LogP contribution in [0.5, 0.6) is 0 Å². The number of hydrogen-bond acceptors (Lipinski definition) is 2. The van der Waals surface area contributed by atoms with Gasteiger partial charge in [0, 0.05) is 6.61 Å². The van der Waals surface area contributed by atoms with Gasteiger partial charge in [-0.2, -0.15) is 0 Å². The molecule has 0 saturated heterocycles. The van der Waals surface area contributed by atoms with Crippen LogP contribution in [0.25, 0.3) is 0 Å². The Balaban J connectivity index is 2.27. The Bertz CT molecular complexity index is 170. The van der Waals surface area contributed by atoms with E-state index in [4.69, 9.17) is 16.3 Å². The van der Waals surface area contributed by atoms with E-state index in [1.54, 1.807) is 0 Å². The number of ether oxygens (including phenoxy) is 1. The van der Waals surface area contributed by atoms with Crippen LogP contribution in [0.15, 0.2) is 0 Å². The third-order valence-electron chi connectivity index (χ3n) is 2.57. The second-order valence-electron chi connectivity index (χ2n) is 3.60. The van der Waals surface area contributed by atoms with Crippen LogP contribution in [0.2, 0.25) is 0 Å². The number of unbranched alkanes of at least 4 members (excludes halogenated alkanes) is 1. The van der Waals surface area contributed by atoms with E-state index >= 15 is 0 Å². The van der Waals surface area contributed by atoms with Gasteiger partial charge in [0.15, 0.2) is 0 Å². The Hall–Kier alpha value is -0.0800. The van der Waals surface area contributed by atoms with Crippen molar-refractivity contribution in [3.05, 3.63) is 0 Å². The molecule has 1 aliphatic rings. The standard InChI is InChI=1S/C10H17ClO2/c1-2-3-7-13-9-6-4-5-8(9)10(11)12/h8-9H,2-7H2,1H3. The summed E-state index contributed by atoms with van der Waals surface area (Å²) in [6, 6.07) is 0. The molecular weight excluding hydrogens is 188 g/mol. The van der Waals surface area contributed by atoms with Gasteiger partial charge in [-0.05, 0) is 37.3 Å². The summed E-state index contributed by atoms with van der Waals surface area (Å²) in [4.78, 5) is 11.0. The molecular formula is C10H17ClO2. The monoisotopic (exact) mass is 204 g/mol. The van der Waals surface area contributed by atoms with Crippen LogP contribution in [-0.4, -0.2) is 18.0 Å². The Labute approximate surface area is 84.6 Å². The summed E-state index contributed by atoms with van der Waals surface area (Å²) in [6.07, 6.45) is 5.26. The molecule has 1 fully saturated rings. The van der Waals surface area contributed by atoms with E-state index in [0.29, 0.717) is 0 Å². The summed E-state index contributed by atoms with van der Waals surface area (Å²) < 4.78 is 5.61. The van der Waals surface area contributed by atoms with Crippen molar-refractivity contribution < 1.29 is 9.53 Å². The molecule has 0 N–H and O–H groups in total. The van der Waals surface area contributed by atoms with E-state index in [9.17, 15) is 4.79 Å². The fraction of sp³-hybridized carbons (Fsp3) is 0.900. The van der Waals surface area contributed by atoms with Gasteiger partial charge in [-0.15, -0.1) is 0 Å². The van der Waals surface area contributed by atoms with Crippen LogP contribution >= 0.6 is 11.6 Å². The quantitative estimate of drug-likeness (QED) is 0.509. The van der Waals surface area contributed by atoms with E-state index < -0.39 is 0 Å². The maximum Gasteiger partial charge on any atom is 0.227 e. The Morgan fingerprint density at radius 1 is 1.54 bits per heavy atom. The number of halogens is 1. The predicted octanol–water partition coefficient (Wildman–Crippen LogP) is 2.74. The first-order chi connectivity index (χ1) is 6.25. The minimum atomic E-state index is -0.223. The summed E-state index contributed by atoms with van der Waals surface area (Å²) in [5.74, 6) is -0.0430. The van der Waals surface area contributed by atoms with Gasteiger partial charge in [0.2, 0.25) is 5.24 Å². The van der Waals surface area contributed by atoms with E-state index in [1.165, 1.54) is 0 Å². The molecule has 76 valence electrons. The SMILES string of the molecule is CCCCOC1CCCC1C(=O)Cl. The van der Waals surface area contributed by atoms with Crippen LogP contribution in [-0.2, 0) is 9.53 Å². The first-order valence-electron chi connectivity index (χ1n) is 5.06. The van der Waals surface area contributed by atoms with Crippen molar-refractivity contribution in [1.82, 2.24) is 0 Å². The van der Waals surface area contributed by atoms with E-state index in [0.717, 1.165) is 38.7 Å². The molecule has 2 unspecified atom stereocenters. The molecule has 0 radical (unpaired) electrons. The van der Waals surface area contributed by atoms with E-state index in [-0.39, 0.29) is 17.3 Å². The Morgan fingerprint density at radius 3 is 2.92 bits per heavy atom. The summed E-state index contributed by atoms with van der Waals surface area (Å²) in [7, 11) is 0. The van der Waals surface area contributed by atoms with Crippen LogP contribution in [0.1, 0.15) is 39.0 Å². The fourth-order valence-electron chi connectivity index (χ4n) is 1.76. The van der Waals surface area contributed by atoms with Gasteiger partial charge in [0.25, 0.3) is 0 Å². The molecule has 3 heteroatoms. The molecule has 1 rings (SSSR count). The van der Waals surface area contributed by atoms with Crippen molar-refractivity contribution in [3.8, 4) is 0 Å². The molecule has 0 aliphatic heterocycles. The van der Waals surface area contributed by atoms with Crippen LogP contribution in [0.4, 0.5) is 0 Å². The molecule has 0 aromatic heterocycles. The molecule has 0 aromatic rings. The first-order valence-corrected chi connectivity index (χ1v) is 5.44. The molecule has 0 bridgehead atoms. The molecule has 0 heterocycles. The first kappa shape index (κ1) is 11.0. The van der Waals surface area contributed by atoms with Gasteiger partial charge in [-0.25, -0.2) is 0 Å². The number of carbonyl (C=O) groups is 1. The zero-order chi connectivity index (χ0) is 9.68. The second-order valence-corrected chi connectivity index (χ2v) is 3.98. The normalized spacial score (nSPS) is 27.8. The maximum atomic E-state index is 11.0. The molecule has 0 spiro atoms. The van der Waals surface area contributed by atoms with Crippen LogP contribution < -0.4 is 0 Å². The maximum absolute atomic E-state index is 11.0. The molecule has 0 amide bonds. The summed E-state index contributed by atoms with van der Waals surface area (Å²) in [5, 5.41) is -0.223. The van der Waals surface area contributed by atoms with Gasteiger partial charge in [-0.3, -0.25) is 4.79 Å². The lowest BCUT2D eigenvalue weighted by molar-refractivity contribution is -0.118. The third kappa shape index (κ3) is 3.28. The highest BCUT2D eigenvalue weighted by Crippen LogP contribution is 2.30. The van der Waals surface area contributed by atoms with Gasteiger partial charge < -0.3 is 4.74 Å².